The normalized spacial score (nSPS) is 38.3. The van der Waals surface area contributed by atoms with Crippen molar-refractivity contribution in [3.05, 3.63) is 0 Å². The Morgan fingerprint density at radius 2 is 2.16 bits per heavy atom. The molecule has 2 aliphatic rings. The van der Waals surface area contributed by atoms with Crippen molar-refractivity contribution in [1.82, 2.24) is 15.1 Å². The predicted octanol–water partition coefficient (Wildman–Crippen LogP) is 0.608. The molecule has 3 unspecified atom stereocenters. The lowest BCUT2D eigenvalue weighted by atomic mass is 9.78. The molecule has 0 aromatic carbocycles. The average Bonchev–Trinajstić information content (AvgIpc) is 2.41. The zero-order valence-corrected chi connectivity index (χ0v) is 12.4. The third-order valence-electron chi connectivity index (χ3n) is 5.12. The largest absolute Gasteiger partial charge is 0.480 e. The Balaban J connectivity index is 2.03. The summed E-state index contributed by atoms with van der Waals surface area (Å²) in [5.41, 5.74) is -0.713. The number of rotatable bonds is 3. The van der Waals surface area contributed by atoms with Gasteiger partial charge in [-0.15, -0.1) is 0 Å². The number of hydrogen-bond acceptors (Lipinski definition) is 4. The fourth-order valence-electron chi connectivity index (χ4n) is 3.49. The van der Waals surface area contributed by atoms with Crippen LogP contribution < -0.4 is 5.32 Å². The Kier molecular flexibility index (Phi) is 4.48. The van der Waals surface area contributed by atoms with E-state index in [1.807, 2.05) is 0 Å². The number of carbonyl (C=O) groups is 1. The van der Waals surface area contributed by atoms with Crippen LogP contribution in [0.5, 0.6) is 0 Å². The topological polar surface area (TPSA) is 55.8 Å². The molecule has 110 valence electrons. The third kappa shape index (κ3) is 2.93. The van der Waals surface area contributed by atoms with E-state index < -0.39 is 11.5 Å². The fourth-order valence-corrected chi connectivity index (χ4v) is 3.49. The number of nitrogens with zero attached hydrogens (tertiary/aromatic N) is 2. The summed E-state index contributed by atoms with van der Waals surface area (Å²) < 4.78 is 0. The van der Waals surface area contributed by atoms with Crippen LogP contribution in [0, 0.1) is 0 Å². The van der Waals surface area contributed by atoms with E-state index >= 15 is 0 Å². The van der Waals surface area contributed by atoms with Crippen LogP contribution in [-0.2, 0) is 4.79 Å². The van der Waals surface area contributed by atoms with Crippen molar-refractivity contribution in [2.45, 2.75) is 50.2 Å². The summed E-state index contributed by atoms with van der Waals surface area (Å²) in [7, 11) is 3.95. The van der Waals surface area contributed by atoms with Gasteiger partial charge in [0.1, 0.15) is 5.54 Å². The SMILES string of the molecule is CNC1(C(=O)O)CCCC(N2CCN(C)C(C)C2)C1. The molecule has 0 aromatic heterocycles. The lowest BCUT2D eigenvalue weighted by molar-refractivity contribution is -0.147. The van der Waals surface area contributed by atoms with Gasteiger partial charge in [-0.05, 0) is 46.7 Å². The van der Waals surface area contributed by atoms with Crippen LogP contribution in [0.4, 0.5) is 0 Å². The van der Waals surface area contributed by atoms with Crippen LogP contribution in [0.2, 0.25) is 0 Å². The molecule has 0 amide bonds. The van der Waals surface area contributed by atoms with Gasteiger partial charge in [0.25, 0.3) is 0 Å². The summed E-state index contributed by atoms with van der Waals surface area (Å²) in [4.78, 5) is 16.4. The second kappa shape index (κ2) is 5.77. The summed E-state index contributed by atoms with van der Waals surface area (Å²) in [6.07, 6.45) is 3.61. The maximum Gasteiger partial charge on any atom is 0.323 e. The molecule has 1 saturated carbocycles. The van der Waals surface area contributed by atoms with Crippen molar-refractivity contribution >= 4 is 5.97 Å². The summed E-state index contributed by atoms with van der Waals surface area (Å²) in [5, 5.41) is 12.6. The Morgan fingerprint density at radius 3 is 2.74 bits per heavy atom. The second-order valence-electron chi connectivity index (χ2n) is 6.21. The Labute approximate surface area is 115 Å². The van der Waals surface area contributed by atoms with E-state index in [9.17, 15) is 9.90 Å². The summed E-state index contributed by atoms with van der Waals surface area (Å²) >= 11 is 0. The highest BCUT2D eigenvalue weighted by atomic mass is 16.4. The van der Waals surface area contributed by atoms with Gasteiger partial charge in [-0.1, -0.05) is 0 Å². The van der Waals surface area contributed by atoms with Crippen molar-refractivity contribution < 1.29 is 9.90 Å². The molecular weight excluding hydrogens is 242 g/mol. The quantitative estimate of drug-likeness (QED) is 0.786. The Morgan fingerprint density at radius 1 is 1.42 bits per heavy atom. The maximum absolute atomic E-state index is 11.6. The molecule has 1 aliphatic heterocycles. The van der Waals surface area contributed by atoms with Gasteiger partial charge < -0.3 is 15.3 Å². The van der Waals surface area contributed by atoms with E-state index in [2.05, 4.69) is 29.1 Å². The summed E-state index contributed by atoms with van der Waals surface area (Å²) in [6.45, 7) is 5.44. The maximum atomic E-state index is 11.6. The van der Waals surface area contributed by atoms with Crippen LogP contribution in [0.3, 0.4) is 0 Å². The number of nitrogens with one attached hydrogen (secondary N) is 1. The molecular formula is C14H27N3O2. The molecule has 2 rings (SSSR count). The van der Waals surface area contributed by atoms with E-state index in [4.69, 9.17) is 0 Å². The number of carboxylic acids is 1. The molecule has 0 spiro atoms. The molecule has 1 saturated heterocycles. The number of piperazine rings is 1. The minimum absolute atomic E-state index is 0.411. The van der Waals surface area contributed by atoms with E-state index in [-0.39, 0.29) is 0 Å². The smallest absolute Gasteiger partial charge is 0.323 e. The minimum atomic E-state index is -0.713. The van der Waals surface area contributed by atoms with E-state index in [0.29, 0.717) is 12.1 Å². The zero-order valence-electron chi connectivity index (χ0n) is 12.4. The zero-order chi connectivity index (χ0) is 14.0. The first-order valence-corrected chi connectivity index (χ1v) is 7.35. The summed E-state index contributed by atoms with van der Waals surface area (Å²) in [5.74, 6) is -0.693. The molecule has 0 radical (unpaired) electrons. The standard InChI is InChI=1S/C14H27N3O2/c1-11-10-17(8-7-16(11)3)12-5-4-6-14(9-12,15-2)13(18)19/h11-12,15H,4-10H2,1-3H3,(H,18,19). The van der Waals surface area contributed by atoms with Gasteiger partial charge in [0, 0.05) is 31.7 Å². The van der Waals surface area contributed by atoms with E-state index in [1.54, 1.807) is 7.05 Å². The van der Waals surface area contributed by atoms with E-state index in [1.165, 1.54) is 0 Å². The molecule has 0 aromatic rings. The minimum Gasteiger partial charge on any atom is -0.480 e. The first kappa shape index (κ1) is 14.8. The van der Waals surface area contributed by atoms with Crippen molar-refractivity contribution in [3.63, 3.8) is 0 Å². The van der Waals surface area contributed by atoms with Crippen LogP contribution in [0.15, 0.2) is 0 Å². The molecule has 5 nitrogen and oxygen atoms in total. The fraction of sp³-hybridized carbons (Fsp3) is 0.929. The molecule has 1 aliphatic carbocycles. The number of aliphatic carboxylic acids is 1. The van der Waals surface area contributed by atoms with Crippen LogP contribution >= 0.6 is 0 Å². The monoisotopic (exact) mass is 269 g/mol. The first-order chi connectivity index (χ1) is 8.98. The molecule has 0 bridgehead atoms. The molecule has 2 N–H and O–H groups in total. The number of likely N-dealkylation sites (N-methyl/N-ethyl adjacent to an activating group) is 2. The number of hydrogen-bond donors (Lipinski definition) is 2. The first-order valence-electron chi connectivity index (χ1n) is 7.35. The van der Waals surface area contributed by atoms with Gasteiger partial charge in [-0.2, -0.15) is 0 Å². The molecule has 5 heteroatoms. The van der Waals surface area contributed by atoms with Crippen LogP contribution in [0.25, 0.3) is 0 Å². The Hall–Kier alpha value is -0.650. The van der Waals surface area contributed by atoms with Crippen molar-refractivity contribution in [2.24, 2.45) is 0 Å². The van der Waals surface area contributed by atoms with Crippen molar-refractivity contribution in [2.75, 3.05) is 33.7 Å². The molecule has 19 heavy (non-hydrogen) atoms. The molecule has 1 heterocycles. The second-order valence-corrected chi connectivity index (χ2v) is 6.21. The van der Waals surface area contributed by atoms with Gasteiger partial charge in [0.2, 0.25) is 0 Å². The molecule has 3 atom stereocenters. The molecule has 2 fully saturated rings. The van der Waals surface area contributed by atoms with Crippen LogP contribution in [-0.4, -0.2) is 72.2 Å². The van der Waals surface area contributed by atoms with Crippen molar-refractivity contribution in [3.8, 4) is 0 Å². The highest BCUT2D eigenvalue weighted by Crippen LogP contribution is 2.32. The number of carboxylic acid groups (broad SMARTS) is 1. The van der Waals surface area contributed by atoms with Gasteiger partial charge in [0.05, 0.1) is 0 Å². The van der Waals surface area contributed by atoms with Crippen LogP contribution in [0.1, 0.15) is 32.6 Å². The average molecular weight is 269 g/mol. The highest BCUT2D eigenvalue weighted by molar-refractivity contribution is 5.79. The van der Waals surface area contributed by atoms with Gasteiger partial charge in [-0.3, -0.25) is 9.69 Å². The van der Waals surface area contributed by atoms with E-state index in [0.717, 1.165) is 45.3 Å². The highest BCUT2D eigenvalue weighted by Gasteiger charge is 2.43. The van der Waals surface area contributed by atoms with Gasteiger partial charge in [0.15, 0.2) is 0 Å². The lowest BCUT2D eigenvalue weighted by Crippen LogP contribution is -2.60. The summed E-state index contributed by atoms with van der Waals surface area (Å²) in [6, 6.07) is 0.970. The van der Waals surface area contributed by atoms with Crippen molar-refractivity contribution in [1.29, 1.82) is 0 Å². The van der Waals surface area contributed by atoms with Gasteiger partial charge >= 0.3 is 5.97 Å². The lowest BCUT2D eigenvalue weighted by Gasteiger charge is -2.46. The van der Waals surface area contributed by atoms with Gasteiger partial charge in [-0.25, -0.2) is 0 Å². The predicted molar refractivity (Wildman–Crippen MR) is 75.3 cm³/mol. The third-order valence-corrected chi connectivity index (χ3v) is 5.12. The Bertz CT molecular complexity index is 337.